The number of benzene rings is 1. The van der Waals surface area contributed by atoms with Crippen molar-refractivity contribution in [1.82, 2.24) is 14.9 Å². The third-order valence-electron chi connectivity index (χ3n) is 3.91. The van der Waals surface area contributed by atoms with E-state index in [0.717, 1.165) is 28.4 Å². The Hall–Kier alpha value is -2.74. The van der Waals surface area contributed by atoms with Gasteiger partial charge in [-0.3, -0.25) is 9.59 Å². The largest absolute Gasteiger partial charge is 0.459 e. The van der Waals surface area contributed by atoms with E-state index in [-0.39, 0.29) is 18.4 Å². The summed E-state index contributed by atoms with van der Waals surface area (Å²) in [6.07, 6.45) is 2.23. The number of hydrogen-bond acceptors (Lipinski definition) is 6. The summed E-state index contributed by atoms with van der Waals surface area (Å²) >= 11 is 1.55. The van der Waals surface area contributed by atoms with Crippen molar-refractivity contribution >= 4 is 34.7 Å². The van der Waals surface area contributed by atoms with Gasteiger partial charge in [-0.25, -0.2) is 4.98 Å². The predicted octanol–water partition coefficient (Wildman–Crippen LogP) is 3.88. The third-order valence-corrected chi connectivity index (χ3v) is 4.97. The van der Waals surface area contributed by atoms with Gasteiger partial charge in [0.05, 0.1) is 17.3 Å². The van der Waals surface area contributed by atoms with E-state index in [1.54, 1.807) is 23.9 Å². The van der Waals surface area contributed by atoms with E-state index in [9.17, 15) is 9.59 Å². The minimum Gasteiger partial charge on any atom is -0.459 e. The number of thioether (sulfide) groups is 1. The number of amides is 1. The number of furan rings is 1. The van der Waals surface area contributed by atoms with Crippen molar-refractivity contribution in [3.8, 4) is 0 Å². The van der Waals surface area contributed by atoms with Crippen LogP contribution in [0.4, 0.5) is 0 Å². The average Bonchev–Trinajstić information content (AvgIpc) is 3.29. The summed E-state index contributed by atoms with van der Waals surface area (Å²) in [5.41, 5.74) is 1.20. The Bertz CT molecular complexity index is 974. The van der Waals surface area contributed by atoms with E-state index >= 15 is 0 Å². The fourth-order valence-corrected chi connectivity index (χ4v) is 3.70. The Kier molecular flexibility index (Phi) is 6.64. The van der Waals surface area contributed by atoms with Crippen LogP contribution in [0.3, 0.4) is 0 Å². The summed E-state index contributed by atoms with van der Waals surface area (Å²) in [6.45, 7) is 6.19. The van der Waals surface area contributed by atoms with Gasteiger partial charge in [0.15, 0.2) is 10.9 Å². The maximum Gasteiger partial charge on any atom is 0.326 e. The van der Waals surface area contributed by atoms with Crippen LogP contribution >= 0.6 is 11.8 Å². The molecular weight excluding hydrogens is 390 g/mol. The van der Waals surface area contributed by atoms with Gasteiger partial charge in [-0.2, -0.15) is 0 Å². The Morgan fingerprint density at radius 2 is 2.00 bits per heavy atom. The number of ether oxygens (including phenoxy) is 1. The normalized spacial score (nSPS) is 11.6. The molecule has 1 N–H and O–H groups in total. The number of nitrogens with one attached hydrogen (secondary N) is 1. The molecular formula is C21H25N3O4S. The van der Waals surface area contributed by atoms with Crippen LogP contribution in [0.25, 0.3) is 11.0 Å². The van der Waals surface area contributed by atoms with E-state index in [1.165, 1.54) is 6.26 Å². The Morgan fingerprint density at radius 3 is 2.72 bits per heavy atom. The van der Waals surface area contributed by atoms with Gasteiger partial charge in [0.2, 0.25) is 0 Å². The van der Waals surface area contributed by atoms with Crippen LogP contribution in [0.15, 0.2) is 52.2 Å². The first-order valence-corrected chi connectivity index (χ1v) is 10.4. The Balaban J connectivity index is 1.59. The minimum absolute atomic E-state index is 0.106. The molecule has 0 saturated carbocycles. The van der Waals surface area contributed by atoms with Crippen molar-refractivity contribution in [2.45, 2.75) is 44.5 Å². The van der Waals surface area contributed by atoms with Crippen molar-refractivity contribution in [2.75, 3.05) is 12.3 Å². The van der Waals surface area contributed by atoms with Crippen molar-refractivity contribution < 1.29 is 18.7 Å². The summed E-state index contributed by atoms with van der Waals surface area (Å²) in [7, 11) is 0. The van der Waals surface area contributed by atoms with E-state index < -0.39 is 5.60 Å². The lowest BCUT2D eigenvalue weighted by molar-refractivity contribution is -0.155. The lowest BCUT2D eigenvalue weighted by atomic mass is 10.2. The van der Waals surface area contributed by atoms with Gasteiger partial charge >= 0.3 is 5.97 Å². The molecule has 3 rings (SSSR count). The molecule has 0 radical (unpaired) electrons. The van der Waals surface area contributed by atoms with E-state index in [4.69, 9.17) is 9.15 Å². The fraction of sp³-hybridized carbons (Fsp3) is 0.381. The molecule has 8 heteroatoms. The van der Waals surface area contributed by atoms with Gasteiger partial charge < -0.3 is 19.0 Å². The topological polar surface area (TPSA) is 86.4 Å². The number of rotatable bonds is 8. The Labute approximate surface area is 173 Å². The first kappa shape index (κ1) is 21.0. The number of imidazole rings is 1. The number of nitrogens with zero attached hydrogens (tertiary/aromatic N) is 2. The molecule has 1 amide bonds. The maximum absolute atomic E-state index is 12.3. The SMILES string of the molecule is CC(C)(C)OC(=O)Cn1c(SCCCNC(=O)c2ccco2)nc2ccccc21. The number of hydrogen-bond donors (Lipinski definition) is 1. The van der Waals surface area contributed by atoms with Gasteiger partial charge in [0.1, 0.15) is 12.1 Å². The quantitative estimate of drug-likeness (QED) is 0.341. The molecule has 0 spiro atoms. The van der Waals surface area contributed by atoms with Crippen molar-refractivity contribution in [3.63, 3.8) is 0 Å². The zero-order valence-electron chi connectivity index (χ0n) is 16.8. The highest BCUT2D eigenvalue weighted by Crippen LogP contribution is 2.25. The average molecular weight is 416 g/mol. The lowest BCUT2D eigenvalue weighted by Crippen LogP contribution is -2.26. The molecule has 29 heavy (non-hydrogen) atoms. The number of carbonyl (C=O) groups is 2. The van der Waals surface area contributed by atoms with Crippen LogP contribution in [0.1, 0.15) is 37.7 Å². The zero-order chi connectivity index (χ0) is 20.9. The van der Waals surface area contributed by atoms with E-state index in [1.807, 2.05) is 49.6 Å². The monoisotopic (exact) mass is 415 g/mol. The highest BCUT2D eigenvalue weighted by Gasteiger charge is 2.19. The fourth-order valence-electron chi connectivity index (χ4n) is 2.75. The molecule has 0 saturated heterocycles. The van der Waals surface area contributed by atoms with Crippen LogP contribution in [-0.4, -0.2) is 39.3 Å². The highest BCUT2D eigenvalue weighted by molar-refractivity contribution is 7.99. The number of esters is 1. The van der Waals surface area contributed by atoms with Crippen molar-refractivity contribution in [3.05, 3.63) is 48.4 Å². The van der Waals surface area contributed by atoms with Crippen LogP contribution in [0.5, 0.6) is 0 Å². The molecule has 7 nitrogen and oxygen atoms in total. The molecule has 1 aromatic carbocycles. The summed E-state index contributed by atoms with van der Waals surface area (Å²) in [5, 5.41) is 3.58. The molecule has 154 valence electrons. The number of carbonyl (C=O) groups excluding carboxylic acids is 2. The van der Waals surface area contributed by atoms with Crippen LogP contribution in [0.2, 0.25) is 0 Å². The van der Waals surface area contributed by atoms with E-state index in [0.29, 0.717) is 12.3 Å². The first-order valence-electron chi connectivity index (χ1n) is 9.45. The van der Waals surface area contributed by atoms with Gasteiger partial charge in [-0.05, 0) is 51.5 Å². The summed E-state index contributed by atoms with van der Waals surface area (Å²) in [5.74, 6) is 0.526. The predicted molar refractivity (Wildman–Crippen MR) is 112 cm³/mol. The van der Waals surface area contributed by atoms with Gasteiger partial charge in [-0.1, -0.05) is 23.9 Å². The number of para-hydroxylation sites is 2. The lowest BCUT2D eigenvalue weighted by Gasteiger charge is -2.20. The summed E-state index contributed by atoms with van der Waals surface area (Å²) < 4.78 is 12.4. The number of fused-ring (bicyclic) bond motifs is 1. The maximum atomic E-state index is 12.3. The third kappa shape index (κ3) is 5.87. The number of aromatic nitrogens is 2. The molecule has 0 aliphatic carbocycles. The van der Waals surface area contributed by atoms with Gasteiger partial charge in [0.25, 0.3) is 5.91 Å². The highest BCUT2D eigenvalue weighted by atomic mass is 32.2. The minimum atomic E-state index is -0.535. The molecule has 0 bridgehead atoms. The van der Waals surface area contributed by atoms with Gasteiger partial charge in [-0.15, -0.1) is 0 Å². The second-order valence-electron chi connectivity index (χ2n) is 7.49. The van der Waals surface area contributed by atoms with Crippen molar-refractivity contribution in [2.24, 2.45) is 0 Å². The molecule has 0 atom stereocenters. The molecule has 2 heterocycles. The molecule has 0 aliphatic rings. The van der Waals surface area contributed by atoms with Gasteiger partial charge in [0, 0.05) is 12.3 Å². The molecule has 0 fully saturated rings. The molecule has 0 aliphatic heterocycles. The second kappa shape index (κ2) is 9.17. The van der Waals surface area contributed by atoms with Crippen LogP contribution in [-0.2, 0) is 16.1 Å². The molecule has 2 aromatic heterocycles. The standard InChI is InChI=1S/C21H25N3O4S/c1-21(2,3)28-18(25)14-24-16-9-5-4-8-15(16)23-20(24)29-13-7-11-22-19(26)17-10-6-12-27-17/h4-6,8-10,12H,7,11,13-14H2,1-3H3,(H,22,26). The van der Waals surface area contributed by atoms with E-state index in [2.05, 4.69) is 10.3 Å². The zero-order valence-corrected chi connectivity index (χ0v) is 17.6. The van der Waals surface area contributed by atoms with Crippen molar-refractivity contribution in [1.29, 1.82) is 0 Å². The first-order chi connectivity index (χ1) is 13.8. The van der Waals surface area contributed by atoms with Crippen LogP contribution < -0.4 is 5.32 Å². The molecule has 0 unspecified atom stereocenters. The molecule has 3 aromatic rings. The Morgan fingerprint density at radius 1 is 1.21 bits per heavy atom. The van der Waals surface area contributed by atoms with Crippen LogP contribution in [0, 0.1) is 0 Å². The second-order valence-corrected chi connectivity index (χ2v) is 8.55. The smallest absolute Gasteiger partial charge is 0.326 e. The summed E-state index contributed by atoms with van der Waals surface area (Å²) in [6, 6.07) is 11.0. The summed E-state index contributed by atoms with van der Waals surface area (Å²) in [4.78, 5) is 28.9.